The van der Waals surface area contributed by atoms with Gasteiger partial charge in [0.15, 0.2) is 0 Å². The van der Waals surface area contributed by atoms with Gasteiger partial charge in [-0.25, -0.2) is 4.98 Å². The van der Waals surface area contributed by atoms with Crippen molar-refractivity contribution in [2.45, 2.75) is 6.18 Å². The molecule has 0 unspecified atom stereocenters. The molecule has 0 bridgehead atoms. The van der Waals surface area contributed by atoms with E-state index >= 15 is 0 Å². The Balaban J connectivity index is 1.79. The summed E-state index contributed by atoms with van der Waals surface area (Å²) in [5, 5.41) is 9.07. The molecule has 2 aromatic heterocycles. The quantitative estimate of drug-likeness (QED) is 0.799. The maximum atomic E-state index is 12.8. The largest absolute Gasteiger partial charge is 0.433 e. The van der Waals surface area contributed by atoms with Crippen LogP contribution in [0, 0.1) is 11.3 Å². The molecule has 3 rings (SSSR count). The van der Waals surface area contributed by atoms with Crippen molar-refractivity contribution in [3.63, 3.8) is 0 Å². The molecule has 1 aliphatic heterocycles. The number of carbonyl (C=O) groups excluding carboxylic acids is 1. The predicted octanol–water partition coefficient (Wildman–Crippen LogP) is 2.87. The van der Waals surface area contributed by atoms with Crippen LogP contribution in [0.1, 0.15) is 11.3 Å². The molecule has 0 aromatic carbocycles. The SMILES string of the molecule is N#Cc1cnc(N2CCN(c3ccnc(C(F)(F)F)c3)C(=O)C2)c(Cl)c1. The highest BCUT2D eigenvalue weighted by atomic mass is 35.5. The Bertz CT molecular complexity index is 896. The number of halogens is 4. The van der Waals surface area contributed by atoms with Crippen molar-refractivity contribution in [2.75, 3.05) is 29.4 Å². The summed E-state index contributed by atoms with van der Waals surface area (Å²) in [6, 6.07) is 5.56. The van der Waals surface area contributed by atoms with E-state index in [4.69, 9.17) is 16.9 Å². The maximum Gasteiger partial charge on any atom is 0.433 e. The third-order valence-electron chi connectivity index (χ3n) is 3.82. The van der Waals surface area contributed by atoms with Gasteiger partial charge < -0.3 is 9.80 Å². The van der Waals surface area contributed by atoms with E-state index < -0.39 is 17.8 Å². The fourth-order valence-electron chi connectivity index (χ4n) is 2.59. The Labute approximate surface area is 151 Å². The zero-order valence-electron chi connectivity index (χ0n) is 13.2. The first-order valence-electron chi connectivity index (χ1n) is 7.44. The molecule has 0 saturated carbocycles. The molecule has 0 spiro atoms. The Morgan fingerprint density at radius 2 is 2.00 bits per heavy atom. The number of carbonyl (C=O) groups is 1. The van der Waals surface area contributed by atoms with Crippen LogP contribution in [0.3, 0.4) is 0 Å². The molecule has 1 amide bonds. The average Bonchev–Trinajstić information content (AvgIpc) is 2.61. The summed E-state index contributed by atoms with van der Waals surface area (Å²) in [4.78, 5) is 22.7. The van der Waals surface area contributed by atoms with E-state index in [0.717, 1.165) is 12.3 Å². The molecule has 0 aliphatic carbocycles. The topological polar surface area (TPSA) is 73.1 Å². The van der Waals surface area contributed by atoms with Crippen LogP contribution < -0.4 is 9.80 Å². The van der Waals surface area contributed by atoms with Gasteiger partial charge in [0, 0.05) is 31.2 Å². The van der Waals surface area contributed by atoms with Crippen LogP contribution in [-0.4, -0.2) is 35.5 Å². The molecule has 0 atom stereocenters. The second-order valence-corrected chi connectivity index (χ2v) is 5.91. The zero-order chi connectivity index (χ0) is 18.9. The van der Waals surface area contributed by atoms with Crippen LogP contribution in [0.25, 0.3) is 0 Å². The zero-order valence-corrected chi connectivity index (χ0v) is 13.9. The van der Waals surface area contributed by atoms with Crippen LogP contribution in [0.2, 0.25) is 5.02 Å². The Morgan fingerprint density at radius 1 is 1.23 bits per heavy atom. The van der Waals surface area contributed by atoms with Crippen molar-refractivity contribution in [3.8, 4) is 6.07 Å². The van der Waals surface area contributed by atoms with Gasteiger partial charge in [-0.05, 0) is 18.2 Å². The van der Waals surface area contributed by atoms with Gasteiger partial charge in [-0.1, -0.05) is 11.6 Å². The number of hydrogen-bond acceptors (Lipinski definition) is 5. The summed E-state index contributed by atoms with van der Waals surface area (Å²) in [5.74, 6) is -0.0397. The van der Waals surface area contributed by atoms with Crippen LogP contribution in [0.5, 0.6) is 0 Å². The molecule has 1 fully saturated rings. The summed E-state index contributed by atoms with van der Waals surface area (Å²) in [7, 11) is 0. The number of alkyl halides is 3. The number of amides is 1. The standard InChI is InChI=1S/C16H11ClF3N5O/c17-12-5-10(7-21)8-23-15(12)24-3-4-25(14(26)9-24)11-1-2-22-13(6-11)16(18,19)20/h1-2,5-6,8H,3-4,9H2. The summed E-state index contributed by atoms with van der Waals surface area (Å²) >= 11 is 6.10. The van der Waals surface area contributed by atoms with Crippen LogP contribution in [-0.2, 0) is 11.0 Å². The fourth-order valence-corrected chi connectivity index (χ4v) is 2.88. The summed E-state index contributed by atoms with van der Waals surface area (Å²) in [6.45, 7) is 0.397. The first kappa shape index (κ1) is 17.9. The van der Waals surface area contributed by atoms with Gasteiger partial charge in [0.25, 0.3) is 0 Å². The van der Waals surface area contributed by atoms with Crippen molar-refractivity contribution in [1.82, 2.24) is 9.97 Å². The van der Waals surface area contributed by atoms with Gasteiger partial charge in [0.05, 0.1) is 17.1 Å². The summed E-state index contributed by atoms with van der Waals surface area (Å²) < 4.78 is 38.4. The van der Waals surface area contributed by atoms with Gasteiger partial charge >= 0.3 is 6.18 Å². The minimum atomic E-state index is -4.58. The molecule has 1 saturated heterocycles. The van der Waals surface area contributed by atoms with Crippen molar-refractivity contribution in [2.24, 2.45) is 0 Å². The third kappa shape index (κ3) is 3.55. The minimum Gasteiger partial charge on any atom is -0.344 e. The molecule has 134 valence electrons. The van der Waals surface area contributed by atoms with Gasteiger partial charge in [0.2, 0.25) is 5.91 Å². The second-order valence-electron chi connectivity index (χ2n) is 5.51. The van der Waals surface area contributed by atoms with Crippen molar-refractivity contribution >= 4 is 29.0 Å². The lowest BCUT2D eigenvalue weighted by molar-refractivity contribution is -0.141. The number of anilines is 2. The van der Waals surface area contributed by atoms with Crippen molar-refractivity contribution < 1.29 is 18.0 Å². The number of nitrogens with zero attached hydrogens (tertiary/aromatic N) is 5. The van der Waals surface area contributed by atoms with E-state index in [1.54, 1.807) is 4.90 Å². The molecule has 2 aromatic rings. The van der Waals surface area contributed by atoms with Crippen LogP contribution in [0.15, 0.2) is 30.6 Å². The van der Waals surface area contributed by atoms with Crippen molar-refractivity contribution in [1.29, 1.82) is 5.26 Å². The van der Waals surface area contributed by atoms with Crippen LogP contribution >= 0.6 is 11.6 Å². The number of piperazine rings is 1. The number of rotatable bonds is 2. The summed E-state index contributed by atoms with van der Waals surface area (Å²) in [6.07, 6.45) is -2.21. The Kier molecular flexibility index (Phi) is 4.70. The normalized spacial score (nSPS) is 15.1. The molecule has 10 heteroatoms. The maximum absolute atomic E-state index is 12.8. The van der Waals surface area contributed by atoms with E-state index in [0.29, 0.717) is 17.9 Å². The monoisotopic (exact) mass is 381 g/mol. The number of hydrogen-bond donors (Lipinski definition) is 0. The van der Waals surface area contributed by atoms with Crippen molar-refractivity contribution in [3.05, 3.63) is 46.9 Å². The van der Waals surface area contributed by atoms with E-state index in [1.165, 1.54) is 23.2 Å². The lowest BCUT2D eigenvalue weighted by Crippen LogP contribution is -2.51. The highest BCUT2D eigenvalue weighted by Gasteiger charge is 2.34. The molecule has 26 heavy (non-hydrogen) atoms. The van der Waals surface area contributed by atoms with E-state index in [1.807, 2.05) is 6.07 Å². The third-order valence-corrected chi connectivity index (χ3v) is 4.09. The molecule has 3 heterocycles. The van der Waals surface area contributed by atoms with Crippen LogP contribution in [0.4, 0.5) is 24.7 Å². The Morgan fingerprint density at radius 3 is 2.62 bits per heavy atom. The lowest BCUT2D eigenvalue weighted by atomic mass is 10.2. The average molecular weight is 382 g/mol. The van der Waals surface area contributed by atoms with Gasteiger partial charge in [-0.15, -0.1) is 0 Å². The highest BCUT2D eigenvalue weighted by Crippen LogP contribution is 2.31. The highest BCUT2D eigenvalue weighted by molar-refractivity contribution is 6.33. The number of nitriles is 1. The van der Waals surface area contributed by atoms with E-state index in [9.17, 15) is 18.0 Å². The number of aromatic nitrogens is 2. The fraction of sp³-hybridized carbons (Fsp3) is 0.250. The molecule has 6 nitrogen and oxygen atoms in total. The molecule has 1 aliphatic rings. The molecule has 0 N–H and O–H groups in total. The summed E-state index contributed by atoms with van der Waals surface area (Å²) in [5.41, 5.74) is -0.627. The van der Waals surface area contributed by atoms with Gasteiger partial charge in [-0.3, -0.25) is 9.78 Å². The predicted molar refractivity (Wildman–Crippen MR) is 87.8 cm³/mol. The van der Waals surface area contributed by atoms with E-state index in [-0.39, 0.29) is 23.8 Å². The first-order chi connectivity index (χ1) is 12.3. The van der Waals surface area contributed by atoms with Gasteiger partial charge in [-0.2, -0.15) is 18.4 Å². The Hall–Kier alpha value is -2.86. The molecule has 0 radical (unpaired) electrons. The second kappa shape index (κ2) is 6.80. The van der Waals surface area contributed by atoms with Gasteiger partial charge in [0.1, 0.15) is 17.6 Å². The smallest absolute Gasteiger partial charge is 0.344 e. The number of pyridine rings is 2. The van der Waals surface area contributed by atoms with E-state index in [2.05, 4.69) is 9.97 Å². The molecular weight excluding hydrogens is 371 g/mol. The molecular formula is C16H11ClF3N5O. The lowest BCUT2D eigenvalue weighted by Gasteiger charge is -2.35. The minimum absolute atomic E-state index is 0.0949. The first-order valence-corrected chi connectivity index (χ1v) is 7.81.